The molecule has 1 aromatic carbocycles. The molecule has 0 atom stereocenters. The molecule has 0 radical (unpaired) electrons. The van der Waals surface area contributed by atoms with E-state index in [9.17, 15) is 4.79 Å². The van der Waals surface area contributed by atoms with Gasteiger partial charge in [-0.15, -0.1) is 0 Å². The molecule has 0 unspecified atom stereocenters. The zero-order chi connectivity index (χ0) is 19.6. The van der Waals surface area contributed by atoms with Gasteiger partial charge < -0.3 is 14.8 Å². The van der Waals surface area contributed by atoms with Crippen LogP contribution < -0.4 is 20.3 Å². The van der Waals surface area contributed by atoms with Crippen LogP contribution in [0.1, 0.15) is 38.2 Å². The topological polar surface area (TPSA) is 79.5 Å². The van der Waals surface area contributed by atoms with Gasteiger partial charge in [0.2, 0.25) is 11.7 Å². The highest BCUT2D eigenvalue weighted by Gasteiger charge is 2.10. The Morgan fingerprint density at radius 2 is 2.07 bits per heavy atom. The summed E-state index contributed by atoms with van der Waals surface area (Å²) in [6, 6.07) is 8.35. The zero-order valence-electron chi connectivity index (χ0n) is 16.6. The van der Waals surface area contributed by atoms with Crippen molar-refractivity contribution in [2.45, 2.75) is 39.2 Å². The van der Waals surface area contributed by atoms with Gasteiger partial charge in [-0.25, -0.2) is 4.98 Å². The number of nitrogens with one attached hydrogen (secondary N) is 2. The molecule has 3 rings (SSSR count). The van der Waals surface area contributed by atoms with Crippen LogP contribution in [0.2, 0.25) is 0 Å². The number of piperidine rings is 1. The van der Waals surface area contributed by atoms with Gasteiger partial charge in [0.1, 0.15) is 5.75 Å². The molecule has 2 N–H and O–H groups in total. The molecule has 0 amide bonds. The number of nitrogens with zero attached hydrogens (tertiary/aromatic N) is 2. The van der Waals surface area contributed by atoms with Gasteiger partial charge in [-0.2, -0.15) is 0 Å². The molecule has 152 valence electrons. The Labute approximate surface area is 166 Å². The van der Waals surface area contributed by atoms with E-state index in [-0.39, 0.29) is 11.3 Å². The summed E-state index contributed by atoms with van der Waals surface area (Å²) < 4.78 is 11.1. The first-order valence-electron chi connectivity index (χ1n) is 10.1. The first kappa shape index (κ1) is 20.2. The lowest BCUT2D eigenvalue weighted by atomic mass is 10.1. The zero-order valence-corrected chi connectivity index (χ0v) is 16.6. The van der Waals surface area contributed by atoms with E-state index in [2.05, 4.69) is 38.4 Å². The van der Waals surface area contributed by atoms with Crippen molar-refractivity contribution in [1.82, 2.24) is 14.9 Å². The van der Waals surface area contributed by atoms with Crippen LogP contribution in [-0.4, -0.2) is 47.7 Å². The highest BCUT2D eigenvalue weighted by molar-refractivity contribution is 5.29. The Bertz CT molecular complexity index is 787. The maximum absolute atomic E-state index is 11.8. The number of likely N-dealkylation sites (tertiary alicyclic amines) is 1. The normalized spacial score (nSPS) is 14.6. The van der Waals surface area contributed by atoms with E-state index in [1.165, 1.54) is 44.1 Å². The monoisotopic (exact) mass is 386 g/mol. The minimum absolute atomic E-state index is 0.237. The molecule has 0 spiro atoms. The number of rotatable bonds is 10. The van der Waals surface area contributed by atoms with Gasteiger partial charge >= 0.3 is 0 Å². The predicted molar refractivity (Wildman–Crippen MR) is 110 cm³/mol. The third-order valence-corrected chi connectivity index (χ3v) is 4.70. The maximum Gasteiger partial charge on any atom is 0.294 e. The van der Waals surface area contributed by atoms with E-state index in [0.29, 0.717) is 25.7 Å². The Balaban J connectivity index is 1.38. The van der Waals surface area contributed by atoms with Crippen LogP contribution >= 0.6 is 0 Å². The lowest BCUT2D eigenvalue weighted by molar-refractivity contribution is 0.220. The van der Waals surface area contributed by atoms with Gasteiger partial charge in [0.15, 0.2) is 0 Å². The minimum atomic E-state index is -0.277. The van der Waals surface area contributed by atoms with Crippen molar-refractivity contribution in [1.29, 1.82) is 0 Å². The molecule has 0 saturated carbocycles. The number of ether oxygens (including phenoxy) is 2. The summed E-state index contributed by atoms with van der Waals surface area (Å²) >= 11 is 0. The molecule has 1 aliphatic heterocycles. The van der Waals surface area contributed by atoms with E-state index >= 15 is 0 Å². The van der Waals surface area contributed by atoms with Crippen LogP contribution in [0.4, 0.5) is 5.95 Å². The second-order valence-corrected chi connectivity index (χ2v) is 6.97. The summed E-state index contributed by atoms with van der Waals surface area (Å²) in [7, 11) is 0. The van der Waals surface area contributed by atoms with Gasteiger partial charge in [-0.1, -0.05) is 18.6 Å². The molecule has 28 heavy (non-hydrogen) atoms. The molecule has 2 heterocycles. The predicted octanol–water partition coefficient (Wildman–Crippen LogP) is 3.04. The highest BCUT2D eigenvalue weighted by Crippen LogP contribution is 2.17. The summed E-state index contributed by atoms with van der Waals surface area (Å²) in [5, 5.41) is 3.10. The summed E-state index contributed by atoms with van der Waals surface area (Å²) in [5.74, 6) is 1.58. The molecular formula is C21H30N4O3. The number of benzene rings is 1. The van der Waals surface area contributed by atoms with E-state index in [0.717, 1.165) is 18.7 Å². The smallest absolute Gasteiger partial charge is 0.294 e. The second kappa shape index (κ2) is 10.7. The van der Waals surface area contributed by atoms with Gasteiger partial charge in [0.25, 0.3) is 5.56 Å². The van der Waals surface area contributed by atoms with Crippen molar-refractivity contribution >= 4 is 5.95 Å². The maximum atomic E-state index is 11.8. The fourth-order valence-electron chi connectivity index (χ4n) is 3.31. The van der Waals surface area contributed by atoms with Crippen molar-refractivity contribution in [3.63, 3.8) is 0 Å². The molecule has 1 aliphatic rings. The van der Waals surface area contributed by atoms with E-state index in [1.54, 1.807) is 0 Å². The van der Waals surface area contributed by atoms with Crippen LogP contribution in [0.5, 0.6) is 11.5 Å². The van der Waals surface area contributed by atoms with Gasteiger partial charge in [0, 0.05) is 13.1 Å². The third kappa shape index (κ3) is 6.27. The average Bonchev–Trinajstić information content (AvgIpc) is 2.71. The van der Waals surface area contributed by atoms with Gasteiger partial charge in [0.05, 0.1) is 19.4 Å². The van der Waals surface area contributed by atoms with Crippen LogP contribution in [0.3, 0.4) is 0 Å². The highest BCUT2D eigenvalue weighted by atomic mass is 16.5. The fraction of sp³-hybridized carbons (Fsp3) is 0.524. The van der Waals surface area contributed by atoms with Crippen LogP contribution in [0, 0.1) is 0 Å². The van der Waals surface area contributed by atoms with Crippen LogP contribution in [0.15, 0.2) is 35.3 Å². The molecule has 0 aliphatic carbocycles. The molecular weight excluding hydrogens is 356 g/mol. The Morgan fingerprint density at radius 1 is 1.21 bits per heavy atom. The van der Waals surface area contributed by atoms with Crippen molar-refractivity contribution < 1.29 is 9.47 Å². The van der Waals surface area contributed by atoms with Crippen LogP contribution in [0.25, 0.3) is 0 Å². The summed E-state index contributed by atoms with van der Waals surface area (Å²) in [4.78, 5) is 21.1. The molecule has 1 fully saturated rings. The largest absolute Gasteiger partial charge is 0.494 e. The lowest BCUT2D eigenvalue weighted by Gasteiger charge is -2.26. The molecule has 2 aromatic rings. The fourth-order valence-corrected chi connectivity index (χ4v) is 3.31. The molecule has 0 bridgehead atoms. The van der Waals surface area contributed by atoms with Crippen molar-refractivity contribution in [3.05, 3.63) is 46.4 Å². The summed E-state index contributed by atoms with van der Waals surface area (Å²) in [6.45, 7) is 6.90. The quantitative estimate of drug-likeness (QED) is 0.611. The number of aromatic nitrogens is 2. The van der Waals surface area contributed by atoms with Crippen LogP contribution in [-0.2, 0) is 6.54 Å². The first-order valence-corrected chi connectivity index (χ1v) is 10.1. The van der Waals surface area contributed by atoms with E-state index in [4.69, 9.17) is 9.47 Å². The Kier molecular flexibility index (Phi) is 7.72. The molecule has 1 aromatic heterocycles. The number of aromatic amines is 1. The van der Waals surface area contributed by atoms with E-state index in [1.807, 2.05) is 13.0 Å². The SMILES string of the molecule is CCOc1cnc(NCCCOc2cccc(CN3CCCCC3)c2)[nH]c1=O. The Hall–Kier alpha value is -2.54. The number of hydrogen-bond acceptors (Lipinski definition) is 6. The third-order valence-electron chi connectivity index (χ3n) is 4.70. The number of H-pyrrole nitrogens is 1. The molecule has 7 heteroatoms. The van der Waals surface area contributed by atoms with Gasteiger partial charge in [-0.3, -0.25) is 14.7 Å². The van der Waals surface area contributed by atoms with Crippen molar-refractivity contribution in [3.8, 4) is 11.5 Å². The molecule has 7 nitrogen and oxygen atoms in total. The summed E-state index contributed by atoms with van der Waals surface area (Å²) in [6.07, 6.45) is 6.20. The van der Waals surface area contributed by atoms with Crippen molar-refractivity contribution in [2.75, 3.05) is 38.2 Å². The summed E-state index contributed by atoms with van der Waals surface area (Å²) in [5.41, 5.74) is 1.02. The first-order chi connectivity index (χ1) is 13.7. The van der Waals surface area contributed by atoms with Crippen molar-refractivity contribution in [2.24, 2.45) is 0 Å². The number of anilines is 1. The Morgan fingerprint density at radius 3 is 2.86 bits per heavy atom. The van der Waals surface area contributed by atoms with E-state index < -0.39 is 0 Å². The van der Waals surface area contributed by atoms with Gasteiger partial charge in [-0.05, 0) is 57.0 Å². The lowest BCUT2D eigenvalue weighted by Crippen LogP contribution is -2.29. The average molecular weight is 386 g/mol. The number of hydrogen-bond donors (Lipinski definition) is 2. The standard InChI is InChI=1S/C21H30N4O3/c1-2-27-19-15-23-21(24-20(19)26)22-10-7-13-28-18-9-6-8-17(14-18)16-25-11-4-3-5-12-25/h6,8-9,14-15H,2-5,7,10-13,16H2,1H3,(H2,22,23,24,26). The minimum Gasteiger partial charge on any atom is -0.494 e. The second-order valence-electron chi connectivity index (χ2n) is 6.97. The molecule has 1 saturated heterocycles.